The molecule has 0 amide bonds. The van der Waals surface area contributed by atoms with Crippen LogP contribution in [0.3, 0.4) is 0 Å². The molecule has 0 aliphatic heterocycles. The third kappa shape index (κ3) is 2.15. The molecule has 0 saturated carbocycles. The summed E-state index contributed by atoms with van der Waals surface area (Å²) in [4.78, 5) is 10.4. The molecule has 3 heterocycles. The zero-order valence-corrected chi connectivity index (χ0v) is 12.4. The molecule has 0 radical (unpaired) electrons. The molecule has 0 spiro atoms. The molecule has 0 aliphatic carbocycles. The SMILES string of the molecule is Cc1ccsc1Cn1c(CCl)nc2c(C)ccnc21. The molecule has 19 heavy (non-hydrogen) atoms. The summed E-state index contributed by atoms with van der Waals surface area (Å²) >= 11 is 7.79. The van der Waals surface area contributed by atoms with Gasteiger partial charge in [-0.3, -0.25) is 0 Å². The molecule has 3 rings (SSSR count). The number of imidazole rings is 1. The Morgan fingerprint density at radius 1 is 1.26 bits per heavy atom. The Balaban J connectivity index is 2.16. The summed E-state index contributed by atoms with van der Waals surface area (Å²) < 4.78 is 2.12. The first-order valence-corrected chi connectivity index (χ1v) is 7.51. The van der Waals surface area contributed by atoms with Crippen LogP contribution >= 0.6 is 22.9 Å². The van der Waals surface area contributed by atoms with Crippen molar-refractivity contribution in [2.75, 3.05) is 0 Å². The first kappa shape index (κ1) is 12.6. The minimum absolute atomic E-state index is 0.403. The van der Waals surface area contributed by atoms with Crippen molar-refractivity contribution in [3.63, 3.8) is 0 Å². The molecule has 0 N–H and O–H groups in total. The lowest BCUT2D eigenvalue weighted by molar-refractivity contribution is 0.777. The van der Waals surface area contributed by atoms with E-state index >= 15 is 0 Å². The van der Waals surface area contributed by atoms with Crippen LogP contribution in [0.1, 0.15) is 21.8 Å². The molecule has 0 unspecified atom stereocenters. The first-order chi connectivity index (χ1) is 9.20. The largest absolute Gasteiger partial charge is 0.306 e. The Bertz CT molecular complexity index is 729. The van der Waals surface area contributed by atoms with Gasteiger partial charge in [0.25, 0.3) is 0 Å². The van der Waals surface area contributed by atoms with Crippen LogP contribution in [0.25, 0.3) is 11.2 Å². The Hall–Kier alpha value is -1.39. The lowest BCUT2D eigenvalue weighted by Crippen LogP contribution is -2.04. The maximum atomic E-state index is 6.03. The van der Waals surface area contributed by atoms with Crippen LogP contribution in [0.15, 0.2) is 23.7 Å². The zero-order valence-electron chi connectivity index (χ0n) is 10.9. The number of aromatic nitrogens is 3. The van der Waals surface area contributed by atoms with Gasteiger partial charge in [0, 0.05) is 11.1 Å². The molecule has 0 aliphatic rings. The van der Waals surface area contributed by atoms with Crippen LogP contribution in [-0.4, -0.2) is 14.5 Å². The minimum atomic E-state index is 0.403. The van der Waals surface area contributed by atoms with Gasteiger partial charge in [0.1, 0.15) is 11.3 Å². The van der Waals surface area contributed by atoms with Crippen molar-refractivity contribution in [3.05, 3.63) is 45.5 Å². The Morgan fingerprint density at radius 2 is 2.11 bits per heavy atom. The number of pyridine rings is 1. The number of nitrogens with zero attached hydrogens (tertiary/aromatic N) is 3. The second kappa shape index (κ2) is 4.94. The highest BCUT2D eigenvalue weighted by molar-refractivity contribution is 7.10. The van der Waals surface area contributed by atoms with E-state index in [9.17, 15) is 0 Å². The lowest BCUT2D eigenvalue weighted by atomic mass is 10.2. The minimum Gasteiger partial charge on any atom is -0.306 e. The van der Waals surface area contributed by atoms with Crippen molar-refractivity contribution >= 4 is 34.1 Å². The first-order valence-electron chi connectivity index (χ1n) is 6.10. The number of hydrogen-bond donors (Lipinski definition) is 0. The van der Waals surface area contributed by atoms with Crippen LogP contribution in [0, 0.1) is 13.8 Å². The highest BCUT2D eigenvalue weighted by atomic mass is 35.5. The second-order valence-electron chi connectivity index (χ2n) is 4.57. The summed E-state index contributed by atoms with van der Waals surface area (Å²) in [6, 6.07) is 4.12. The van der Waals surface area contributed by atoms with Gasteiger partial charge in [0.15, 0.2) is 5.65 Å². The van der Waals surface area contributed by atoms with Gasteiger partial charge in [-0.05, 0) is 42.5 Å². The van der Waals surface area contributed by atoms with Crippen LogP contribution < -0.4 is 0 Å². The van der Waals surface area contributed by atoms with Gasteiger partial charge in [-0.25, -0.2) is 9.97 Å². The fraction of sp³-hybridized carbons (Fsp3) is 0.286. The molecule has 98 valence electrons. The van der Waals surface area contributed by atoms with E-state index in [2.05, 4.69) is 39.8 Å². The van der Waals surface area contributed by atoms with Crippen molar-refractivity contribution in [1.82, 2.24) is 14.5 Å². The number of thiophene rings is 1. The molecule has 0 atom stereocenters. The van der Waals surface area contributed by atoms with Gasteiger partial charge < -0.3 is 4.57 Å². The van der Waals surface area contributed by atoms with E-state index in [0.29, 0.717) is 5.88 Å². The summed E-state index contributed by atoms with van der Waals surface area (Å²) in [7, 11) is 0. The van der Waals surface area contributed by atoms with Gasteiger partial charge in [-0.1, -0.05) is 0 Å². The van der Waals surface area contributed by atoms with Crippen molar-refractivity contribution in [2.45, 2.75) is 26.3 Å². The van der Waals surface area contributed by atoms with Gasteiger partial charge in [-0.15, -0.1) is 22.9 Å². The highest BCUT2D eigenvalue weighted by Gasteiger charge is 2.14. The molecule has 0 fully saturated rings. The monoisotopic (exact) mass is 291 g/mol. The Morgan fingerprint density at radius 3 is 2.79 bits per heavy atom. The molecule has 0 bridgehead atoms. The fourth-order valence-electron chi connectivity index (χ4n) is 2.16. The van der Waals surface area contributed by atoms with E-state index in [1.165, 1.54) is 10.4 Å². The predicted octanol–water partition coefficient (Wildman–Crippen LogP) is 3.90. The number of fused-ring (bicyclic) bond motifs is 1. The topological polar surface area (TPSA) is 30.7 Å². The molecule has 0 saturated heterocycles. The Labute approximate surface area is 120 Å². The van der Waals surface area contributed by atoms with Crippen LogP contribution in [0.5, 0.6) is 0 Å². The molecular formula is C14H14ClN3S. The smallest absolute Gasteiger partial charge is 0.160 e. The summed E-state index contributed by atoms with van der Waals surface area (Å²) in [6.07, 6.45) is 1.83. The van der Waals surface area contributed by atoms with Crippen molar-refractivity contribution in [2.24, 2.45) is 0 Å². The fourth-order valence-corrected chi connectivity index (χ4v) is 3.26. The normalized spacial score (nSPS) is 11.3. The highest BCUT2D eigenvalue weighted by Crippen LogP contribution is 2.23. The maximum absolute atomic E-state index is 6.03. The number of aryl methyl sites for hydroxylation is 2. The van der Waals surface area contributed by atoms with E-state index in [1.807, 2.05) is 12.3 Å². The number of hydrogen-bond acceptors (Lipinski definition) is 3. The quantitative estimate of drug-likeness (QED) is 0.685. The Kier molecular flexibility index (Phi) is 3.29. The van der Waals surface area contributed by atoms with E-state index in [1.54, 1.807) is 11.3 Å². The van der Waals surface area contributed by atoms with Crippen molar-refractivity contribution < 1.29 is 0 Å². The van der Waals surface area contributed by atoms with Crippen LogP contribution in [0.4, 0.5) is 0 Å². The summed E-state index contributed by atoms with van der Waals surface area (Å²) in [5.74, 6) is 1.28. The summed E-state index contributed by atoms with van der Waals surface area (Å²) in [5.41, 5.74) is 4.31. The average molecular weight is 292 g/mol. The van der Waals surface area contributed by atoms with Crippen LogP contribution in [0.2, 0.25) is 0 Å². The number of rotatable bonds is 3. The van der Waals surface area contributed by atoms with E-state index in [-0.39, 0.29) is 0 Å². The molecule has 0 aromatic carbocycles. The molecule has 3 aromatic heterocycles. The molecule has 3 aromatic rings. The molecular weight excluding hydrogens is 278 g/mol. The average Bonchev–Trinajstić information content (AvgIpc) is 2.96. The van der Waals surface area contributed by atoms with Gasteiger partial charge in [0.2, 0.25) is 0 Å². The third-order valence-corrected chi connectivity index (χ3v) is 4.55. The van der Waals surface area contributed by atoms with Gasteiger partial charge >= 0.3 is 0 Å². The van der Waals surface area contributed by atoms with E-state index in [0.717, 1.165) is 29.1 Å². The predicted molar refractivity (Wildman–Crippen MR) is 80.0 cm³/mol. The number of halogens is 1. The van der Waals surface area contributed by atoms with E-state index < -0.39 is 0 Å². The molecule has 3 nitrogen and oxygen atoms in total. The lowest BCUT2D eigenvalue weighted by Gasteiger charge is -2.06. The second-order valence-corrected chi connectivity index (χ2v) is 5.84. The van der Waals surface area contributed by atoms with Crippen molar-refractivity contribution in [1.29, 1.82) is 0 Å². The zero-order chi connectivity index (χ0) is 13.4. The maximum Gasteiger partial charge on any atom is 0.160 e. The van der Waals surface area contributed by atoms with Crippen LogP contribution in [-0.2, 0) is 12.4 Å². The van der Waals surface area contributed by atoms with Gasteiger partial charge in [-0.2, -0.15) is 0 Å². The summed E-state index contributed by atoms with van der Waals surface area (Å²) in [6.45, 7) is 4.97. The molecule has 5 heteroatoms. The standard InChI is InChI=1S/C14H14ClN3S/c1-9-4-6-19-11(9)8-18-12(7-15)17-13-10(2)3-5-16-14(13)18/h3-6H,7-8H2,1-2H3. The van der Waals surface area contributed by atoms with E-state index in [4.69, 9.17) is 11.6 Å². The third-order valence-electron chi connectivity index (χ3n) is 3.30. The van der Waals surface area contributed by atoms with Crippen molar-refractivity contribution in [3.8, 4) is 0 Å². The van der Waals surface area contributed by atoms with Gasteiger partial charge in [0.05, 0.1) is 12.4 Å². The summed E-state index contributed by atoms with van der Waals surface area (Å²) in [5, 5.41) is 2.11. The number of alkyl halides is 1.